The van der Waals surface area contributed by atoms with Crippen LogP contribution >= 0.6 is 0 Å². The van der Waals surface area contributed by atoms with Gasteiger partial charge >= 0.3 is 6.03 Å². The molecule has 0 aromatic carbocycles. The Morgan fingerprint density at radius 1 is 1.33 bits per heavy atom. The molecule has 0 aliphatic carbocycles. The van der Waals surface area contributed by atoms with E-state index in [0.29, 0.717) is 5.92 Å². The second kappa shape index (κ2) is 4.42. The Kier molecular flexibility index (Phi) is 3.63. The van der Waals surface area contributed by atoms with Crippen LogP contribution in [-0.4, -0.2) is 29.1 Å². The quantitative estimate of drug-likeness (QED) is 0.749. The Bertz CT molecular complexity index is 238. The van der Waals surface area contributed by atoms with Gasteiger partial charge in [0.25, 0.3) is 0 Å². The maximum absolute atomic E-state index is 12.0. The van der Waals surface area contributed by atoms with Gasteiger partial charge < -0.3 is 10.2 Å². The number of hydrogen-bond acceptors (Lipinski definition) is 1. The molecule has 2 amide bonds. The first kappa shape index (κ1) is 12.3. The van der Waals surface area contributed by atoms with Crippen molar-refractivity contribution in [3.8, 4) is 0 Å². The lowest BCUT2D eigenvalue weighted by molar-refractivity contribution is 0.121. The van der Waals surface area contributed by atoms with Crippen molar-refractivity contribution >= 4 is 6.03 Å². The van der Waals surface area contributed by atoms with E-state index < -0.39 is 0 Å². The molecule has 88 valence electrons. The lowest BCUT2D eigenvalue weighted by Crippen LogP contribution is -2.53. The van der Waals surface area contributed by atoms with Crippen LogP contribution in [0.25, 0.3) is 0 Å². The second-order valence-corrected chi connectivity index (χ2v) is 5.37. The summed E-state index contributed by atoms with van der Waals surface area (Å²) < 4.78 is 0. The predicted octanol–water partition coefficient (Wildman–Crippen LogP) is 2.61. The maximum Gasteiger partial charge on any atom is 0.318 e. The van der Waals surface area contributed by atoms with Crippen molar-refractivity contribution in [2.75, 3.05) is 6.54 Å². The summed E-state index contributed by atoms with van der Waals surface area (Å²) in [5.74, 6) is 0.512. The molecule has 3 nitrogen and oxygen atoms in total. The van der Waals surface area contributed by atoms with Crippen LogP contribution in [0.1, 0.15) is 47.5 Å². The molecular formula is C12H24N2O. The minimum atomic E-state index is 0.0406. The highest BCUT2D eigenvalue weighted by atomic mass is 16.2. The van der Waals surface area contributed by atoms with Gasteiger partial charge in [0.1, 0.15) is 0 Å². The van der Waals surface area contributed by atoms with Crippen LogP contribution < -0.4 is 5.32 Å². The third-order valence-electron chi connectivity index (χ3n) is 3.58. The largest absolute Gasteiger partial charge is 0.336 e. The average molecular weight is 212 g/mol. The first-order valence-electron chi connectivity index (χ1n) is 5.96. The highest BCUT2D eigenvalue weighted by Crippen LogP contribution is 2.35. The molecule has 1 rings (SSSR count). The van der Waals surface area contributed by atoms with E-state index in [1.54, 1.807) is 0 Å². The zero-order valence-corrected chi connectivity index (χ0v) is 10.6. The Hall–Kier alpha value is -0.730. The third kappa shape index (κ3) is 2.44. The van der Waals surface area contributed by atoms with E-state index >= 15 is 0 Å². The van der Waals surface area contributed by atoms with Crippen LogP contribution in [0.2, 0.25) is 0 Å². The van der Waals surface area contributed by atoms with E-state index in [2.05, 4.69) is 26.1 Å². The van der Waals surface area contributed by atoms with Gasteiger partial charge in [-0.1, -0.05) is 13.8 Å². The van der Waals surface area contributed by atoms with Crippen molar-refractivity contribution in [2.45, 2.75) is 59.0 Å². The molecule has 1 heterocycles. The number of hydrogen-bond donors (Lipinski definition) is 1. The van der Waals surface area contributed by atoms with Crippen molar-refractivity contribution in [3.05, 3.63) is 0 Å². The van der Waals surface area contributed by atoms with Gasteiger partial charge in [0.05, 0.1) is 0 Å². The molecule has 1 N–H and O–H groups in total. The van der Waals surface area contributed by atoms with Crippen LogP contribution in [0.5, 0.6) is 0 Å². The summed E-state index contributed by atoms with van der Waals surface area (Å²) >= 11 is 0. The predicted molar refractivity (Wildman–Crippen MR) is 62.9 cm³/mol. The molecule has 0 aromatic rings. The topological polar surface area (TPSA) is 32.3 Å². The van der Waals surface area contributed by atoms with E-state index in [4.69, 9.17) is 0 Å². The molecule has 15 heavy (non-hydrogen) atoms. The molecule has 0 spiro atoms. The average Bonchev–Trinajstić information content (AvgIpc) is 2.47. The standard InChI is InChI=1S/C12H24N2O/c1-9(2)12(5)7-6-8-14(12)11(15)13-10(3)4/h9-10H,6-8H2,1-5H3,(H,13,15)/t12-/m0/s1. The first-order chi connectivity index (χ1) is 6.88. The van der Waals surface area contributed by atoms with E-state index in [1.165, 1.54) is 0 Å². The molecule has 0 unspecified atom stereocenters. The molecule has 3 heteroatoms. The Morgan fingerprint density at radius 2 is 1.93 bits per heavy atom. The zero-order valence-electron chi connectivity index (χ0n) is 10.6. The smallest absolute Gasteiger partial charge is 0.318 e. The molecule has 0 radical (unpaired) electrons. The zero-order chi connectivity index (χ0) is 11.6. The van der Waals surface area contributed by atoms with Crippen molar-refractivity contribution in [2.24, 2.45) is 5.92 Å². The van der Waals surface area contributed by atoms with Crippen LogP contribution in [0, 0.1) is 5.92 Å². The number of nitrogens with zero attached hydrogens (tertiary/aromatic N) is 1. The van der Waals surface area contributed by atoms with Crippen molar-refractivity contribution in [1.82, 2.24) is 10.2 Å². The Morgan fingerprint density at radius 3 is 2.40 bits per heavy atom. The van der Waals surface area contributed by atoms with E-state index in [1.807, 2.05) is 18.7 Å². The lowest BCUT2D eigenvalue weighted by atomic mass is 9.86. The normalized spacial score (nSPS) is 26.5. The molecule has 1 atom stereocenters. The molecule has 1 aliphatic heterocycles. The summed E-state index contributed by atoms with van der Waals surface area (Å²) in [7, 11) is 0. The van der Waals surface area contributed by atoms with Crippen molar-refractivity contribution in [3.63, 3.8) is 0 Å². The number of rotatable bonds is 2. The van der Waals surface area contributed by atoms with Gasteiger partial charge in [-0.2, -0.15) is 0 Å². The minimum Gasteiger partial charge on any atom is -0.336 e. The van der Waals surface area contributed by atoms with Gasteiger partial charge in [-0.15, -0.1) is 0 Å². The fourth-order valence-corrected chi connectivity index (χ4v) is 2.24. The maximum atomic E-state index is 12.0. The Balaban J connectivity index is 2.72. The van der Waals surface area contributed by atoms with E-state index in [0.717, 1.165) is 19.4 Å². The number of carbonyl (C=O) groups is 1. The first-order valence-corrected chi connectivity index (χ1v) is 5.96. The van der Waals surface area contributed by atoms with Gasteiger partial charge in [-0.3, -0.25) is 0 Å². The summed E-state index contributed by atoms with van der Waals surface area (Å²) in [5, 5.41) is 2.98. The van der Waals surface area contributed by atoms with Gasteiger partial charge in [0.2, 0.25) is 0 Å². The van der Waals surface area contributed by atoms with Crippen LogP contribution in [-0.2, 0) is 0 Å². The highest BCUT2D eigenvalue weighted by Gasteiger charge is 2.41. The van der Waals surface area contributed by atoms with E-state index in [9.17, 15) is 4.79 Å². The summed E-state index contributed by atoms with van der Waals surface area (Å²) in [6, 6.07) is 0.313. The summed E-state index contributed by atoms with van der Waals surface area (Å²) in [4.78, 5) is 14.0. The number of amides is 2. The molecular weight excluding hydrogens is 188 g/mol. The monoisotopic (exact) mass is 212 g/mol. The SMILES string of the molecule is CC(C)NC(=O)N1CCC[C@@]1(C)C(C)C. The van der Waals surface area contributed by atoms with Gasteiger partial charge in [-0.25, -0.2) is 4.79 Å². The lowest BCUT2D eigenvalue weighted by Gasteiger charge is -2.39. The fraction of sp³-hybridized carbons (Fsp3) is 0.917. The van der Waals surface area contributed by atoms with Crippen LogP contribution in [0.4, 0.5) is 4.79 Å². The second-order valence-electron chi connectivity index (χ2n) is 5.37. The number of carbonyl (C=O) groups excluding carboxylic acids is 1. The van der Waals surface area contributed by atoms with Crippen molar-refractivity contribution < 1.29 is 4.79 Å². The molecule has 1 saturated heterocycles. The van der Waals surface area contributed by atoms with Gasteiger partial charge in [0.15, 0.2) is 0 Å². The van der Waals surface area contributed by atoms with Crippen LogP contribution in [0.3, 0.4) is 0 Å². The number of likely N-dealkylation sites (tertiary alicyclic amines) is 1. The summed E-state index contributed by atoms with van der Waals surface area (Å²) in [5.41, 5.74) is 0.0406. The van der Waals surface area contributed by atoms with Gasteiger partial charge in [-0.05, 0) is 39.5 Å². The molecule has 0 aromatic heterocycles. The third-order valence-corrected chi connectivity index (χ3v) is 3.58. The highest BCUT2D eigenvalue weighted by molar-refractivity contribution is 5.75. The summed E-state index contributed by atoms with van der Waals surface area (Å²) in [6.45, 7) is 11.5. The molecule has 1 fully saturated rings. The fourth-order valence-electron chi connectivity index (χ4n) is 2.24. The number of urea groups is 1. The molecule has 0 saturated carbocycles. The summed E-state index contributed by atoms with van der Waals surface area (Å²) in [6.07, 6.45) is 2.25. The van der Waals surface area contributed by atoms with Gasteiger partial charge in [0, 0.05) is 18.1 Å². The molecule has 1 aliphatic rings. The molecule has 0 bridgehead atoms. The van der Waals surface area contributed by atoms with Crippen LogP contribution in [0.15, 0.2) is 0 Å². The number of nitrogens with one attached hydrogen (secondary N) is 1. The van der Waals surface area contributed by atoms with E-state index in [-0.39, 0.29) is 17.6 Å². The van der Waals surface area contributed by atoms with Crippen molar-refractivity contribution in [1.29, 1.82) is 0 Å². The Labute approximate surface area is 93.2 Å². The minimum absolute atomic E-state index is 0.0406.